The van der Waals surface area contributed by atoms with Gasteiger partial charge in [0, 0.05) is 6.61 Å². The van der Waals surface area contributed by atoms with E-state index in [1.54, 1.807) is 0 Å². The highest BCUT2D eigenvalue weighted by Gasteiger charge is 2.22. The molecule has 0 radical (unpaired) electrons. The van der Waals surface area contributed by atoms with E-state index in [2.05, 4.69) is 53.9 Å². The van der Waals surface area contributed by atoms with Crippen LogP contribution in [0.3, 0.4) is 0 Å². The summed E-state index contributed by atoms with van der Waals surface area (Å²) in [5, 5.41) is 25.5. The third-order valence-electron chi connectivity index (χ3n) is 5.37. The highest BCUT2D eigenvalue weighted by molar-refractivity contribution is 4.71. The first-order valence-corrected chi connectivity index (χ1v) is 12.7. The zero-order valence-corrected chi connectivity index (χ0v) is 21.7. The van der Waals surface area contributed by atoms with E-state index < -0.39 is 0 Å². The fourth-order valence-electron chi connectivity index (χ4n) is 3.69. The highest BCUT2D eigenvalue weighted by atomic mass is 17.8. The molecule has 0 bridgehead atoms. The summed E-state index contributed by atoms with van der Waals surface area (Å²) in [6, 6.07) is 0. The van der Waals surface area contributed by atoms with E-state index in [0.717, 1.165) is 38.5 Å². The number of rotatable bonds is 29. The van der Waals surface area contributed by atoms with Gasteiger partial charge in [0.05, 0.1) is 33.5 Å². The minimum atomic E-state index is 0.0634. The van der Waals surface area contributed by atoms with Gasteiger partial charge in [-0.15, -0.1) is 0 Å². The zero-order chi connectivity index (χ0) is 25.0. The quantitative estimate of drug-likeness (QED) is 0.0663. The Hall–Kier alpha value is -0.440. The standard InChI is InChI=1S/C23H48O11/c1-5-7-8-9-10-11-12-13-14-16-22(18-21-28-32-34-30-25-4)23(26-19-6-2)17-15-20-27-31-33-29-24-3/h22-23H,5-21H2,1-4H3. The van der Waals surface area contributed by atoms with Crippen LogP contribution < -0.4 is 0 Å². The van der Waals surface area contributed by atoms with Crippen molar-refractivity contribution in [1.82, 2.24) is 0 Å². The van der Waals surface area contributed by atoms with Gasteiger partial charge in [0.15, 0.2) is 0 Å². The molecule has 0 aromatic rings. The van der Waals surface area contributed by atoms with Gasteiger partial charge in [-0.25, -0.2) is 19.6 Å². The first-order chi connectivity index (χ1) is 16.8. The van der Waals surface area contributed by atoms with Gasteiger partial charge < -0.3 is 4.74 Å². The summed E-state index contributed by atoms with van der Waals surface area (Å²) in [7, 11) is 2.59. The summed E-state index contributed by atoms with van der Waals surface area (Å²) in [5.41, 5.74) is 0. The van der Waals surface area contributed by atoms with Gasteiger partial charge in [0.1, 0.15) is 0 Å². The van der Waals surface area contributed by atoms with Crippen molar-refractivity contribution in [2.24, 2.45) is 5.92 Å². The van der Waals surface area contributed by atoms with Crippen LogP contribution in [0.1, 0.15) is 104 Å². The maximum atomic E-state index is 6.18. The van der Waals surface area contributed by atoms with E-state index in [1.807, 2.05) is 0 Å². The largest absolute Gasteiger partial charge is 0.378 e. The van der Waals surface area contributed by atoms with Crippen molar-refractivity contribution in [3.63, 3.8) is 0 Å². The molecule has 0 aliphatic rings. The number of hydrogen-bond acceptors (Lipinski definition) is 11. The summed E-state index contributed by atoms with van der Waals surface area (Å²) in [6.07, 6.45) is 16.0. The van der Waals surface area contributed by atoms with Crippen LogP contribution in [-0.2, 0) is 54.5 Å². The minimum Gasteiger partial charge on any atom is -0.378 e. The number of hydrogen-bond donors (Lipinski definition) is 0. The molecule has 0 amide bonds. The second-order valence-electron chi connectivity index (χ2n) is 8.10. The van der Waals surface area contributed by atoms with Crippen molar-refractivity contribution in [2.75, 3.05) is 34.0 Å². The van der Waals surface area contributed by atoms with E-state index in [1.165, 1.54) is 65.6 Å². The lowest BCUT2D eigenvalue weighted by Crippen LogP contribution is -2.27. The third kappa shape index (κ3) is 23.3. The molecule has 0 saturated carbocycles. The molecule has 34 heavy (non-hydrogen) atoms. The molecule has 11 nitrogen and oxygen atoms in total. The average Bonchev–Trinajstić information content (AvgIpc) is 2.85. The van der Waals surface area contributed by atoms with Crippen molar-refractivity contribution < 1.29 is 54.5 Å². The van der Waals surface area contributed by atoms with E-state index in [-0.39, 0.29) is 6.10 Å². The summed E-state index contributed by atoms with van der Waals surface area (Å²) >= 11 is 0. The fourth-order valence-corrected chi connectivity index (χ4v) is 3.69. The van der Waals surface area contributed by atoms with Gasteiger partial charge in [-0.1, -0.05) is 71.6 Å². The molecule has 0 rings (SSSR count). The van der Waals surface area contributed by atoms with Crippen LogP contribution in [-0.4, -0.2) is 40.1 Å². The number of ether oxygens (including phenoxy) is 1. The van der Waals surface area contributed by atoms with Crippen LogP contribution in [0.4, 0.5) is 0 Å². The van der Waals surface area contributed by atoms with E-state index >= 15 is 0 Å². The van der Waals surface area contributed by atoms with Crippen molar-refractivity contribution in [3.05, 3.63) is 0 Å². The second-order valence-corrected chi connectivity index (χ2v) is 8.10. The normalized spacial score (nSPS) is 13.4. The first kappa shape index (κ1) is 33.6. The van der Waals surface area contributed by atoms with Gasteiger partial charge in [-0.3, -0.25) is 0 Å². The molecule has 2 atom stereocenters. The minimum absolute atomic E-state index is 0.0634. The molecule has 0 saturated heterocycles. The molecule has 0 spiro atoms. The monoisotopic (exact) mass is 500 g/mol. The van der Waals surface area contributed by atoms with E-state index in [9.17, 15) is 0 Å². The second kappa shape index (κ2) is 28.8. The Morgan fingerprint density at radius 2 is 1.06 bits per heavy atom. The van der Waals surface area contributed by atoms with Crippen molar-refractivity contribution in [1.29, 1.82) is 0 Å². The summed E-state index contributed by atoms with van der Waals surface area (Å²) in [5.74, 6) is 0.303. The third-order valence-corrected chi connectivity index (χ3v) is 5.37. The molecular weight excluding hydrogens is 452 g/mol. The Morgan fingerprint density at radius 1 is 0.471 bits per heavy atom. The molecule has 0 aliphatic heterocycles. The van der Waals surface area contributed by atoms with Crippen LogP contribution in [0.25, 0.3) is 0 Å². The maximum absolute atomic E-state index is 6.18. The van der Waals surface area contributed by atoms with Gasteiger partial charge >= 0.3 is 0 Å². The van der Waals surface area contributed by atoms with Gasteiger partial charge in [-0.2, -0.15) is 0 Å². The van der Waals surface area contributed by atoms with Crippen LogP contribution in [0, 0.1) is 5.92 Å². The van der Waals surface area contributed by atoms with Crippen LogP contribution >= 0.6 is 0 Å². The topological polar surface area (TPSA) is 102 Å². The summed E-state index contributed by atoms with van der Waals surface area (Å²) in [6.45, 7) is 5.71. The summed E-state index contributed by atoms with van der Waals surface area (Å²) < 4.78 is 6.18. The summed E-state index contributed by atoms with van der Waals surface area (Å²) in [4.78, 5) is 18.4. The van der Waals surface area contributed by atoms with Crippen LogP contribution in [0.2, 0.25) is 0 Å². The van der Waals surface area contributed by atoms with E-state index in [0.29, 0.717) is 25.7 Å². The van der Waals surface area contributed by atoms with E-state index in [4.69, 9.17) is 14.5 Å². The molecule has 0 heterocycles. The van der Waals surface area contributed by atoms with Crippen molar-refractivity contribution in [3.8, 4) is 0 Å². The predicted molar refractivity (Wildman–Crippen MR) is 122 cm³/mol. The number of unbranched alkanes of at least 4 members (excludes halogenated alkanes) is 8. The Labute approximate surface area is 204 Å². The van der Waals surface area contributed by atoms with Crippen LogP contribution in [0.5, 0.6) is 0 Å². The maximum Gasteiger partial charge on any atom is 0.0858 e. The fraction of sp³-hybridized carbons (Fsp3) is 1.00. The van der Waals surface area contributed by atoms with Gasteiger partial charge in [-0.05, 0) is 68.3 Å². The molecule has 11 heteroatoms. The Bertz CT molecular complexity index is 377. The van der Waals surface area contributed by atoms with Gasteiger partial charge in [0.25, 0.3) is 0 Å². The highest BCUT2D eigenvalue weighted by Crippen LogP contribution is 2.25. The van der Waals surface area contributed by atoms with Crippen molar-refractivity contribution in [2.45, 2.75) is 110 Å². The SMILES string of the molecule is CCCCCCCCCCCC(CCOOOOOC)C(CCCOOOOOC)OCCC. The first-order valence-electron chi connectivity index (χ1n) is 12.7. The molecular formula is C23H48O11. The lowest BCUT2D eigenvalue weighted by molar-refractivity contribution is -0.705. The molecule has 0 aromatic heterocycles. The Morgan fingerprint density at radius 3 is 1.65 bits per heavy atom. The molecule has 0 fully saturated rings. The zero-order valence-electron chi connectivity index (χ0n) is 21.7. The van der Waals surface area contributed by atoms with Crippen molar-refractivity contribution >= 4 is 0 Å². The predicted octanol–water partition coefficient (Wildman–Crippen LogP) is 6.23. The lowest BCUT2D eigenvalue weighted by Gasteiger charge is -2.27. The average molecular weight is 501 g/mol. The Balaban J connectivity index is 4.42. The van der Waals surface area contributed by atoms with Gasteiger partial charge in [0.2, 0.25) is 0 Å². The van der Waals surface area contributed by atoms with Crippen LogP contribution in [0.15, 0.2) is 0 Å². The molecule has 0 N–H and O–H groups in total. The molecule has 0 aliphatic carbocycles. The lowest BCUT2D eigenvalue weighted by atomic mass is 9.89. The smallest absolute Gasteiger partial charge is 0.0858 e. The molecule has 2 unspecified atom stereocenters. The Kier molecular flexibility index (Phi) is 28.4. The molecule has 206 valence electrons. The molecule has 0 aromatic carbocycles.